The number of benzene rings is 1. The van der Waals surface area contributed by atoms with Gasteiger partial charge in [-0.2, -0.15) is 5.26 Å². The molecule has 1 aliphatic carbocycles. The molecule has 4 nitrogen and oxygen atoms in total. The van der Waals surface area contributed by atoms with E-state index in [1.54, 1.807) is 0 Å². The predicted octanol–water partition coefficient (Wildman–Crippen LogP) is 3.00. The van der Waals surface area contributed by atoms with Gasteiger partial charge in [-0.1, -0.05) is 6.42 Å². The predicted molar refractivity (Wildman–Crippen MR) is 78.7 cm³/mol. The van der Waals surface area contributed by atoms with Crippen LogP contribution in [0.5, 0.6) is 11.5 Å². The van der Waals surface area contributed by atoms with Crippen molar-refractivity contribution in [3.8, 4) is 17.6 Å². The molecule has 1 heterocycles. The molecule has 0 amide bonds. The Labute approximate surface area is 127 Å². The lowest BCUT2D eigenvalue weighted by Gasteiger charge is -2.21. The van der Waals surface area contributed by atoms with E-state index in [1.807, 2.05) is 6.07 Å². The summed E-state index contributed by atoms with van der Waals surface area (Å²) < 4.78 is 12.1. The fraction of sp³-hybridized carbons (Fsp3) is 0.533. The molecule has 1 saturated carbocycles. The highest BCUT2D eigenvalue weighted by Crippen LogP contribution is 2.38. The Hall–Kier alpha value is -1.25. The lowest BCUT2D eigenvalue weighted by molar-refractivity contribution is 0.170. The lowest BCUT2D eigenvalue weighted by Crippen LogP contribution is -2.31. The number of nitrogens with one attached hydrogen (secondary N) is 1. The standard InChI is InChI=1S/C15H17BrN2O2/c16-12-6-10(7-14-15(12)20-5-4-19-14)9-18-13-3-1-2-11(13)8-17/h6-7,11,13,18H,1-5,9H2. The molecule has 1 N–H and O–H groups in total. The third-order valence-electron chi connectivity index (χ3n) is 3.91. The van der Waals surface area contributed by atoms with Gasteiger partial charge in [-0.3, -0.25) is 0 Å². The fourth-order valence-electron chi connectivity index (χ4n) is 2.87. The summed E-state index contributed by atoms with van der Waals surface area (Å²) in [6.07, 6.45) is 3.24. The maximum absolute atomic E-state index is 9.10. The van der Waals surface area contributed by atoms with E-state index in [-0.39, 0.29) is 5.92 Å². The average Bonchev–Trinajstić information content (AvgIpc) is 2.93. The summed E-state index contributed by atoms with van der Waals surface area (Å²) in [6, 6.07) is 6.78. The highest BCUT2D eigenvalue weighted by Gasteiger charge is 2.26. The quantitative estimate of drug-likeness (QED) is 0.921. The highest BCUT2D eigenvalue weighted by atomic mass is 79.9. The monoisotopic (exact) mass is 336 g/mol. The topological polar surface area (TPSA) is 54.3 Å². The van der Waals surface area contributed by atoms with Crippen molar-refractivity contribution in [3.05, 3.63) is 22.2 Å². The number of rotatable bonds is 3. The number of hydrogen-bond acceptors (Lipinski definition) is 4. The van der Waals surface area contributed by atoms with Gasteiger partial charge in [-0.05, 0) is 46.5 Å². The van der Waals surface area contributed by atoms with E-state index in [1.165, 1.54) is 0 Å². The van der Waals surface area contributed by atoms with Crippen LogP contribution in [0.2, 0.25) is 0 Å². The van der Waals surface area contributed by atoms with Crippen molar-refractivity contribution in [2.24, 2.45) is 5.92 Å². The van der Waals surface area contributed by atoms with Gasteiger partial charge in [0.2, 0.25) is 0 Å². The van der Waals surface area contributed by atoms with Crippen molar-refractivity contribution in [1.29, 1.82) is 5.26 Å². The van der Waals surface area contributed by atoms with Crippen molar-refractivity contribution in [3.63, 3.8) is 0 Å². The third-order valence-corrected chi connectivity index (χ3v) is 4.50. The van der Waals surface area contributed by atoms with Crippen LogP contribution in [0.25, 0.3) is 0 Å². The molecule has 5 heteroatoms. The molecule has 1 aromatic rings. The maximum atomic E-state index is 9.10. The van der Waals surface area contributed by atoms with Crippen LogP contribution in [-0.4, -0.2) is 19.3 Å². The Morgan fingerprint density at radius 1 is 1.30 bits per heavy atom. The Morgan fingerprint density at radius 3 is 3.00 bits per heavy atom. The van der Waals surface area contributed by atoms with Gasteiger partial charge >= 0.3 is 0 Å². The molecule has 3 rings (SSSR count). The summed E-state index contributed by atoms with van der Waals surface area (Å²) in [5.41, 5.74) is 1.14. The molecule has 0 bridgehead atoms. The summed E-state index contributed by atoms with van der Waals surface area (Å²) in [7, 11) is 0. The molecule has 2 aliphatic rings. The largest absolute Gasteiger partial charge is 0.486 e. The Kier molecular flexibility index (Phi) is 4.13. The van der Waals surface area contributed by atoms with E-state index < -0.39 is 0 Å². The normalized spacial score (nSPS) is 24.4. The zero-order valence-electron chi connectivity index (χ0n) is 11.2. The van der Waals surface area contributed by atoms with E-state index >= 15 is 0 Å². The Bertz CT molecular complexity index is 541. The number of nitriles is 1. The molecule has 20 heavy (non-hydrogen) atoms. The van der Waals surface area contributed by atoms with Crippen LogP contribution < -0.4 is 14.8 Å². The first kappa shape index (κ1) is 13.7. The molecule has 2 unspecified atom stereocenters. The molecule has 1 aliphatic heterocycles. The van der Waals surface area contributed by atoms with Crippen LogP contribution in [-0.2, 0) is 6.54 Å². The van der Waals surface area contributed by atoms with Crippen molar-refractivity contribution in [2.45, 2.75) is 31.8 Å². The van der Waals surface area contributed by atoms with Crippen molar-refractivity contribution in [2.75, 3.05) is 13.2 Å². The molecule has 1 fully saturated rings. The van der Waals surface area contributed by atoms with Gasteiger partial charge in [0.25, 0.3) is 0 Å². The van der Waals surface area contributed by atoms with Crippen molar-refractivity contribution in [1.82, 2.24) is 5.32 Å². The van der Waals surface area contributed by atoms with Gasteiger partial charge in [0, 0.05) is 12.6 Å². The number of fused-ring (bicyclic) bond motifs is 1. The second-order valence-corrected chi connectivity index (χ2v) is 6.11. The number of halogens is 1. The SMILES string of the molecule is N#CC1CCCC1NCc1cc(Br)c2c(c1)OCCO2. The molecule has 0 aromatic heterocycles. The first-order chi connectivity index (χ1) is 9.78. The van der Waals surface area contributed by atoms with Crippen LogP contribution in [0.1, 0.15) is 24.8 Å². The molecule has 0 spiro atoms. The summed E-state index contributed by atoms with van der Waals surface area (Å²) >= 11 is 3.53. The zero-order chi connectivity index (χ0) is 13.9. The molecular formula is C15H17BrN2O2. The number of hydrogen-bond donors (Lipinski definition) is 1. The Balaban J connectivity index is 1.69. The van der Waals surface area contributed by atoms with Gasteiger partial charge in [-0.15, -0.1) is 0 Å². The maximum Gasteiger partial charge on any atom is 0.175 e. The van der Waals surface area contributed by atoms with Gasteiger partial charge in [-0.25, -0.2) is 0 Å². The second-order valence-electron chi connectivity index (χ2n) is 5.26. The number of ether oxygens (including phenoxy) is 2. The van der Waals surface area contributed by atoms with Crippen LogP contribution >= 0.6 is 15.9 Å². The lowest BCUT2D eigenvalue weighted by atomic mass is 10.1. The van der Waals surface area contributed by atoms with E-state index in [9.17, 15) is 0 Å². The third kappa shape index (κ3) is 2.77. The minimum absolute atomic E-state index is 0.149. The molecule has 1 aromatic carbocycles. The van der Waals surface area contributed by atoms with Crippen LogP contribution in [0, 0.1) is 17.2 Å². The molecule has 0 radical (unpaired) electrons. The first-order valence-electron chi connectivity index (χ1n) is 6.99. The van der Waals surface area contributed by atoms with E-state index in [0.717, 1.165) is 47.3 Å². The minimum atomic E-state index is 0.149. The highest BCUT2D eigenvalue weighted by molar-refractivity contribution is 9.10. The zero-order valence-corrected chi connectivity index (χ0v) is 12.8. The smallest absolute Gasteiger partial charge is 0.175 e. The van der Waals surface area contributed by atoms with Crippen molar-refractivity contribution < 1.29 is 9.47 Å². The summed E-state index contributed by atoms with van der Waals surface area (Å²) in [5, 5.41) is 12.6. The molecule has 0 saturated heterocycles. The van der Waals surface area contributed by atoms with Gasteiger partial charge in [0.15, 0.2) is 11.5 Å². The summed E-state index contributed by atoms with van der Waals surface area (Å²) in [5.74, 6) is 1.73. The molecular weight excluding hydrogens is 320 g/mol. The fourth-order valence-corrected chi connectivity index (χ4v) is 3.48. The van der Waals surface area contributed by atoms with E-state index in [4.69, 9.17) is 14.7 Å². The van der Waals surface area contributed by atoms with Gasteiger partial charge in [0.05, 0.1) is 16.5 Å². The van der Waals surface area contributed by atoms with Gasteiger partial charge < -0.3 is 14.8 Å². The van der Waals surface area contributed by atoms with Crippen LogP contribution in [0.4, 0.5) is 0 Å². The van der Waals surface area contributed by atoms with Crippen LogP contribution in [0.3, 0.4) is 0 Å². The van der Waals surface area contributed by atoms with Crippen molar-refractivity contribution >= 4 is 15.9 Å². The minimum Gasteiger partial charge on any atom is -0.486 e. The first-order valence-corrected chi connectivity index (χ1v) is 7.78. The van der Waals surface area contributed by atoms with E-state index in [0.29, 0.717) is 19.3 Å². The van der Waals surface area contributed by atoms with E-state index in [2.05, 4.69) is 33.4 Å². The number of nitrogens with zero attached hydrogens (tertiary/aromatic N) is 1. The summed E-state index contributed by atoms with van der Waals surface area (Å²) in [4.78, 5) is 0. The van der Waals surface area contributed by atoms with Crippen LogP contribution in [0.15, 0.2) is 16.6 Å². The molecule has 106 valence electrons. The Morgan fingerprint density at radius 2 is 2.15 bits per heavy atom. The second kappa shape index (κ2) is 6.02. The molecule has 2 atom stereocenters. The summed E-state index contributed by atoms with van der Waals surface area (Å²) in [6.45, 7) is 1.93. The van der Waals surface area contributed by atoms with Gasteiger partial charge in [0.1, 0.15) is 13.2 Å². The average molecular weight is 337 g/mol.